The van der Waals surface area contributed by atoms with Crippen molar-refractivity contribution in [1.82, 2.24) is 25.3 Å². The van der Waals surface area contributed by atoms with E-state index in [-0.39, 0.29) is 0 Å². The summed E-state index contributed by atoms with van der Waals surface area (Å²) >= 11 is 0. The molecule has 0 spiro atoms. The smallest absolute Gasteiger partial charge is 0.200 e. The molecule has 0 saturated heterocycles. The zero-order valence-electron chi connectivity index (χ0n) is 10.9. The lowest BCUT2D eigenvalue weighted by Crippen LogP contribution is -2.28. The van der Waals surface area contributed by atoms with E-state index < -0.39 is 0 Å². The van der Waals surface area contributed by atoms with Crippen molar-refractivity contribution in [2.45, 2.75) is 25.3 Å². The van der Waals surface area contributed by atoms with Crippen molar-refractivity contribution in [2.24, 2.45) is 0 Å². The third kappa shape index (κ3) is 1.99. The molecule has 0 aliphatic heterocycles. The molecule has 20 heavy (non-hydrogen) atoms. The van der Waals surface area contributed by atoms with Gasteiger partial charge in [0.15, 0.2) is 5.65 Å². The Morgan fingerprint density at radius 2 is 2.00 bits per heavy atom. The molecule has 0 saturated carbocycles. The number of fused-ring (bicyclic) bond motifs is 2. The number of aromatic nitrogens is 5. The minimum atomic E-state index is 0.409. The molecule has 100 valence electrons. The van der Waals surface area contributed by atoms with Gasteiger partial charge in [0, 0.05) is 6.04 Å². The lowest BCUT2D eigenvalue weighted by atomic mass is 9.88. The van der Waals surface area contributed by atoms with Crippen molar-refractivity contribution in [3.05, 3.63) is 47.5 Å². The van der Waals surface area contributed by atoms with E-state index in [0.29, 0.717) is 11.7 Å². The third-order valence-corrected chi connectivity index (χ3v) is 3.77. The number of nitrogens with zero attached hydrogens (tertiary/aromatic N) is 5. The first-order chi connectivity index (χ1) is 9.88. The Hall–Kier alpha value is -2.50. The number of benzene rings is 1. The van der Waals surface area contributed by atoms with Crippen molar-refractivity contribution in [1.29, 1.82) is 0 Å². The molecule has 2 aromatic heterocycles. The average Bonchev–Trinajstić information content (AvgIpc) is 2.95. The van der Waals surface area contributed by atoms with Gasteiger partial charge in [-0.15, -0.1) is 14.8 Å². The zero-order valence-corrected chi connectivity index (χ0v) is 10.9. The molecular formula is C14H14N6. The maximum Gasteiger partial charge on any atom is 0.200 e. The molecular weight excluding hydrogens is 252 g/mol. The Bertz CT molecular complexity index is 750. The van der Waals surface area contributed by atoms with E-state index >= 15 is 0 Å². The number of hydrogen-bond acceptors (Lipinski definition) is 5. The molecule has 4 rings (SSSR count). The summed E-state index contributed by atoms with van der Waals surface area (Å²) in [6.07, 6.45) is 3.26. The summed E-state index contributed by atoms with van der Waals surface area (Å²) in [6.45, 7) is 0. The molecule has 6 heteroatoms. The van der Waals surface area contributed by atoms with Gasteiger partial charge in [0.25, 0.3) is 0 Å². The highest BCUT2D eigenvalue weighted by Crippen LogP contribution is 2.23. The van der Waals surface area contributed by atoms with Gasteiger partial charge < -0.3 is 5.32 Å². The number of nitrogens with one attached hydrogen (secondary N) is 1. The Balaban J connectivity index is 1.55. The standard InChI is InChI=1S/C14H14N6/c1-2-4-11-9-12(6-5-10(11)3-1)15-13-7-8-14-16-18-19-20(14)17-13/h1-4,7-8,12H,5-6,9H2,(H,15,17). The SMILES string of the molecule is c1ccc2c(c1)CCC(Nc1ccc3nnnn3n1)C2. The van der Waals surface area contributed by atoms with Gasteiger partial charge in [-0.2, -0.15) is 0 Å². The van der Waals surface area contributed by atoms with Gasteiger partial charge >= 0.3 is 0 Å². The highest BCUT2D eigenvalue weighted by molar-refractivity contribution is 5.43. The molecule has 1 aromatic carbocycles. The maximum atomic E-state index is 4.35. The van der Waals surface area contributed by atoms with Crippen LogP contribution in [0, 0.1) is 0 Å². The van der Waals surface area contributed by atoms with Crippen molar-refractivity contribution >= 4 is 11.5 Å². The molecule has 1 atom stereocenters. The van der Waals surface area contributed by atoms with E-state index in [2.05, 4.69) is 50.2 Å². The van der Waals surface area contributed by atoms with Crippen molar-refractivity contribution in [3.63, 3.8) is 0 Å². The average molecular weight is 266 g/mol. The van der Waals surface area contributed by atoms with Gasteiger partial charge in [-0.05, 0) is 52.9 Å². The molecule has 1 aliphatic rings. The summed E-state index contributed by atoms with van der Waals surface area (Å²) in [7, 11) is 0. The monoisotopic (exact) mass is 266 g/mol. The molecule has 0 fully saturated rings. The largest absolute Gasteiger partial charge is 0.366 e. The van der Waals surface area contributed by atoms with Gasteiger partial charge in [0.1, 0.15) is 5.82 Å². The molecule has 0 amide bonds. The number of tetrazole rings is 1. The van der Waals surface area contributed by atoms with Crippen LogP contribution in [0.25, 0.3) is 5.65 Å². The topological polar surface area (TPSA) is 68.0 Å². The minimum Gasteiger partial charge on any atom is -0.366 e. The van der Waals surface area contributed by atoms with Crippen LogP contribution in [0.1, 0.15) is 17.5 Å². The molecule has 2 heterocycles. The van der Waals surface area contributed by atoms with Crippen LogP contribution in [0.15, 0.2) is 36.4 Å². The van der Waals surface area contributed by atoms with Crippen LogP contribution < -0.4 is 5.32 Å². The Morgan fingerprint density at radius 1 is 1.10 bits per heavy atom. The van der Waals surface area contributed by atoms with E-state index in [9.17, 15) is 0 Å². The predicted octanol–water partition coefficient (Wildman–Crippen LogP) is 1.49. The molecule has 0 bridgehead atoms. The van der Waals surface area contributed by atoms with Crippen LogP contribution >= 0.6 is 0 Å². The summed E-state index contributed by atoms with van der Waals surface area (Å²) in [6, 6.07) is 12.8. The number of rotatable bonds is 2. The lowest BCUT2D eigenvalue weighted by molar-refractivity contribution is 0.604. The highest BCUT2D eigenvalue weighted by Gasteiger charge is 2.18. The van der Waals surface area contributed by atoms with Crippen molar-refractivity contribution in [2.75, 3.05) is 5.32 Å². The van der Waals surface area contributed by atoms with Gasteiger partial charge in [-0.25, -0.2) is 0 Å². The fourth-order valence-electron chi connectivity index (χ4n) is 2.76. The van der Waals surface area contributed by atoms with Crippen molar-refractivity contribution < 1.29 is 0 Å². The van der Waals surface area contributed by atoms with Gasteiger partial charge in [-0.3, -0.25) is 0 Å². The summed E-state index contributed by atoms with van der Waals surface area (Å²) in [5.74, 6) is 0.814. The third-order valence-electron chi connectivity index (χ3n) is 3.77. The van der Waals surface area contributed by atoms with Crippen LogP contribution in [-0.2, 0) is 12.8 Å². The van der Waals surface area contributed by atoms with Crippen LogP contribution in [0.3, 0.4) is 0 Å². The molecule has 6 nitrogen and oxygen atoms in total. The molecule has 0 radical (unpaired) electrons. The molecule has 1 unspecified atom stereocenters. The summed E-state index contributed by atoms with van der Waals surface area (Å²) in [5.41, 5.74) is 3.55. The van der Waals surface area contributed by atoms with E-state index in [1.165, 1.54) is 15.8 Å². The fourth-order valence-corrected chi connectivity index (χ4v) is 2.76. The van der Waals surface area contributed by atoms with Crippen molar-refractivity contribution in [3.8, 4) is 0 Å². The van der Waals surface area contributed by atoms with Crippen LogP contribution in [0.5, 0.6) is 0 Å². The minimum absolute atomic E-state index is 0.409. The second-order valence-electron chi connectivity index (χ2n) is 5.10. The quantitative estimate of drug-likeness (QED) is 0.761. The predicted molar refractivity (Wildman–Crippen MR) is 74.5 cm³/mol. The van der Waals surface area contributed by atoms with E-state index in [1.54, 1.807) is 0 Å². The summed E-state index contributed by atoms with van der Waals surface area (Å²) in [4.78, 5) is 0. The van der Waals surface area contributed by atoms with Crippen LogP contribution in [-0.4, -0.2) is 31.3 Å². The highest BCUT2D eigenvalue weighted by atomic mass is 15.6. The second kappa shape index (κ2) is 4.56. The number of anilines is 1. The van der Waals surface area contributed by atoms with E-state index in [4.69, 9.17) is 0 Å². The molecule has 3 aromatic rings. The molecule has 1 N–H and O–H groups in total. The second-order valence-corrected chi connectivity index (χ2v) is 5.10. The van der Waals surface area contributed by atoms with E-state index in [1.807, 2.05) is 12.1 Å². The Morgan fingerprint density at radius 3 is 2.95 bits per heavy atom. The number of hydrogen-bond donors (Lipinski definition) is 1. The Kier molecular flexibility index (Phi) is 2.58. The molecule has 1 aliphatic carbocycles. The van der Waals surface area contributed by atoms with Gasteiger partial charge in [0.05, 0.1) is 0 Å². The van der Waals surface area contributed by atoms with E-state index in [0.717, 1.165) is 25.1 Å². The van der Waals surface area contributed by atoms with Gasteiger partial charge in [-0.1, -0.05) is 24.3 Å². The lowest BCUT2D eigenvalue weighted by Gasteiger charge is -2.25. The summed E-state index contributed by atoms with van der Waals surface area (Å²) in [5, 5.41) is 19.1. The van der Waals surface area contributed by atoms with Crippen LogP contribution in [0.4, 0.5) is 5.82 Å². The first-order valence-corrected chi connectivity index (χ1v) is 6.77. The van der Waals surface area contributed by atoms with Crippen LogP contribution in [0.2, 0.25) is 0 Å². The maximum absolute atomic E-state index is 4.35. The fraction of sp³-hybridized carbons (Fsp3) is 0.286. The summed E-state index contributed by atoms with van der Waals surface area (Å²) < 4.78 is 1.44. The normalized spacial score (nSPS) is 17.9. The first kappa shape index (κ1) is 11.3. The zero-order chi connectivity index (χ0) is 13.4. The first-order valence-electron chi connectivity index (χ1n) is 6.77. The number of aryl methyl sites for hydroxylation is 1. The van der Waals surface area contributed by atoms with Gasteiger partial charge in [0.2, 0.25) is 0 Å². The Labute approximate surface area is 115 Å².